The van der Waals surface area contributed by atoms with Crippen molar-refractivity contribution in [3.8, 4) is 6.07 Å². The molecular weight excluding hydrogens is 196 g/mol. The van der Waals surface area contributed by atoms with Gasteiger partial charge >= 0.3 is 0 Å². The molecule has 1 saturated carbocycles. The van der Waals surface area contributed by atoms with E-state index in [-0.39, 0.29) is 5.41 Å². The van der Waals surface area contributed by atoms with Crippen molar-refractivity contribution in [1.82, 2.24) is 5.32 Å². The van der Waals surface area contributed by atoms with Crippen LogP contribution in [0.5, 0.6) is 0 Å². The van der Waals surface area contributed by atoms with Crippen molar-refractivity contribution in [3.63, 3.8) is 0 Å². The van der Waals surface area contributed by atoms with E-state index in [1.165, 1.54) is 38.6 Å². The van der Waals surface area contributed by atoms with E-state index >= 15 is 0 Å². The van der Waals surface area contributed by atoms with E-state index < -0.39 is 0 Å². The number of unbranched alkanes of at least 4 members (excludes halogenated alkanes) is 1. The van der Waals surface area contributed by atoms with Crippen LogP contribution in [0.3, 0.4) is 0 Å². The predicted molar refractivity (Wildman–Crippen MR) is 68.1 cm³/mol. The number of hydrogen-bond acceptors (Lipinski definition) is 2. The molecule has 0 spiro atoms. The van der Waals surface area contributed by atoms with Crippen molar-refractivity contribution in [2.24, 2.45) is 11.3 Å². The number of rotatable bonds is 9. The van der Waals surface area contributed by atoms with Gasteiger partial charge in [-0.3, -0.25) is 0 Å². The standard InChI is InChI=1S/C14H26N2/c1-14(2,12-15)9-3-4-10-16-11-5-6-13-7-8-13/h13,16H,3-11H2,1-2H3. The Morgan fingerprint density at radius 1 is 1.19 bits per heavy atom. The van der Waals surface area contributed by atoms with Gasteiger partial charge in [-0.2, -0.15) is 5.26 Å². The van der Waals surface area contributed by atoms with Gasteiger partial charge in [-0.05, 0) is 58.5 Å². The van der Waals surface area contributed by atoms with Gasteiger partial charge in [0.2, 0.25) is 0 Å². The lowest BCUT2D eigenvalue weighted by Gasteiger charge is -2.14. The van der Waals surface area contributed by atoms with Crippen LogP contribution >= 0.6 is 0 Å². The summed E-state index contributed by atoms with van der Waals surface area (Å²) in [6, 6.07) is 2.35. The zero-order valence-electron chi connectivity index (χ0n) is 10.9. The summed E-state index contributed by atoms with van der Waals surface area (Å²) in [5, 5.41) is 12.3. The maximum absolute atomic E-state index is 8.86. The number of nitriles is 1. The summed E-state index contributed by atoms with van der Waals surface area (Å²) in [5.74, 6) is 1.07. The van der Waals surface area contributed by atoms with Crippen LogP contribution in [0.15, 0.2) is 0 Å². The highest BCUT2D eigenvalue weighted by atomic mass is 14.8. The van der Waals surface area contributed by atoms with Crippen molar-refractivity contribution in [2.45, 2.75) is 58.8 Å². The summed E-state index contributed by atoms with van der Waals surface area (Å²) < 4.78 is 0. The Labute approximate surface area is 100 Å². The summed E-state index contributed by atoms with van der Waals surface area (Å²) in [6.07, 6.45) is 9.10. The first kappa shape index (κ1) is 13.5. The molecule has 0 aliphatic heterocycles. The third-order valence-corrected chi connectivity index (χ3v) is 3.37. The van der Waals surface area contributed by atoms with E-state index in [9.17, 15) is 0 Å². The Hall–Kier alpha value is -0.550. The van der Waals surface area contributed by atoms with Crippen LogP contribution in [-0.4, -0.2) is 13.1 Å². The van der Waals surface area contributed by atoms with Gasteiger partial charge in [-0.15, -0.1) is 0 Å². The molecule has 0 bridgehead atoms. The second kappa shape index (κ2) is 6.91. The van der Waals surface area contributed by atoms with Gasteiger partial charge in [-0.25, -0.2) is 0 Å². The van der Waals surface area contributed by atoms with Gasteiger partial charge in [0, 0.05) is 0 Å². The smallest absolute Gasteiger partial charge is 0.0683 e. The Morgan fingerprint density at radius 3 is 2.50 bits per heavy atom. The predicted octanol–water partition coefficient (Wildman–Crippen LogP) is 3.49. The largest absolute Gasteiger partial charge is 0.317 e. The molecule has 1 aliphatic rings. The van der Waals surface area contributed by atoms with Gasteiger partial charge in [0.1, 0.15) is 0 Å². The summed E-state index contributed by atoms with van der Waals surface area (Å²) in [4.78, 5) is 0. The SMILES string of the molecule is CC(C)(C#N)CCCCNCCCC1CC1. The summed E-state index contributed by atoms with van der Waals surface area (Å²) in [7, 11) is 0. The lowest BCUT2D eigenvalue weighted by atomic mass is 9.89. The molecule has 0 aromatic carbocycles. The molecule has 16 heavy (non-hydrogen) atoms. The lowest BCUT2D eigenvalue weighted by molar-refractivity contribution is 0.421. The maximum Gasteiger partial charge on any atom is 0.0683 e. The van der Waals surface area contributed by atoms with Gasteiger partial charge in [-0.1, -0.05) is 19.3 Å². The molecule has 0 atom stereocenters. The lowest BCUT2D eigenvalue weighted by Crippen LogP contribution is -2.17. The fourth-order valence-corrected chi connectivity index (χ4v) is 1.92. The maximum atomic E-state index is 8.86. The third kappa shape index (κ3) is 6.85. The second-order valence-electron chi connectivity index (χ2n) is 5.79. The first-order valence-electron chi connectivity index (χ1n) is 6.76. The Kier molecular flexibility index (Phi) is 5.84. The van der Waals surface area contributed by atoms with E-state index in [4.69, 9.17) is 5.26 Å². The van der Waals surface area contributed by atoms with E-state index in [0.29, 0.717) is 0 Å². The Morgan fingerprint density at radius 2 is 1.88 bits per heavy atom. The molecule has 0 aromatic heterocycles. The monoisotopic (exact) mass is 222 g/mol. The van der Waals surface area contributed by atoms with Crippen molar-refractivity contribution in [3.05, 3.63) is 0 Å². The molecular formula is C14H26N2. The van der Waals surface area contributed by atoms with Crippen LogP contribution in [0.2, 0.25) is 0 Å². The van der Waals surface area contributed by atoms with Crippen molar-refractivity contribution < 1.29 is 0 Å². The van der Waals surface area contributed by atoms with Gasteiger partial charge in [0.25, 0.3) is 0 Å². The first-order valence-corrected chi connectivity index (χ1v) is 6.76. The molecule has 1 N–H and O–H groups in total. The molecule has 2 nitrogen and oxygen atoms in total. The molecule has 0 aromatic rings. The zero-order valence-corrected chi connectivity index (χ0v) is 10.9. The molecule has 0 saturated heterocycles. The van der Waals surface area contributed by atoms with Crippen LogP contribution in [0.25, 0.3) is 0 Å². The van der Waals surface area contributed by atoms with E-state index in [2.05, 4.69) is 11.4 Å². The highest BCUT2D eigenvalue weighted by Crippen LogP contribution is 2.33. The van der Waals surface area contributed by atoms with Crippen LogP contribution < -0.4 is 5.32 Å². The van der Waals surface area contributed by atoms with E-state index in [1.807, 2.05) is 13.8 Å². The number of nitrogens with one attached hydrogen (secondary N) is 1. The minimum atomic E-state index is -0.133. The van der Waals surface area contributed by atoms with Crippen LogP contribution in [-0.2, 0) is 0 Å². The van der Waals surface area contributed by atoms with Gasteiger partial charge in [0.15, 0.2) is 0 Å². The Balaban J connectivity index is 1.79. The van der Waals surface area contributed by atoms with Crippen LogP contribution in [0, 0.1) is 22.7 Å². The highest BCUT2D eigenvalue weighted by molar-refractivity contribution is 4.91. The molecule has 1 aliphatic carbocycles. The molecule has 0 amide bonds. The highest BCUT2D eigenvalue weighted by Gasteiger charge is 2.19. The van der Waals surface area contributed by atoms with Gasteiger partial charge in [0.05, 0.1) is 11.5 Å². The van der Waals surface area contributed by atoms with Gasteiger partial charge < -0.3 is 5.32 Å². The fourth-order valence-electron chi connectivity index (χ4n) is 1.92. The average Bonchev–Trinajstić information content (AvgIpc) is 3.06. The normalized spacial score (nSPS) is 16.1. The quantitative estimate of drug-likeness (QED) is 0.606. The Bertz CT molecular complexity index is 223. The minimum Gasteiger partial charge on any atom is -0.317 e. The number of nitrogens with zero attached hydrogens (tertiary/aromatic N) is 1. The molecule has 0 heterocycles. The molecule has 1 rings (SSSR count). The molecule has 92 valence electrons. The average molecular weight is 222 g/mol. The summed E-state index contributed by atoms with van der Waals surface area (Å²) >= 11 is 0. The second-order valence-corrected chi connectivity index (χ2v) is 5.79. The molecule has 2 heteroatoms. The minimum absolute atomic E-state index is 0.133. The topological polar surface area (TPSA) is 35.8 Å². The summed E-state index contributed by atoms with van der Waals surface area (Å²) in [5.41, 5.74) is -0.133. The fraction of sp³-hybridized carbons (Fsp3) is 0.929. The van der Waals surface area contributed by atoms with Crippen molar-refractivity contribution >= 4 is 0 Å². The van der Waals surface area contributed by atoms with Crippen LogP contribution in [0.4, 0.5) is 0 Å². The van der Waals surface area contributed by atoms with E-state index in [1.54, 1.807) is 0 Å². The first-order chi connectivity index (χ1) is 7.64. The molecule has 0 unspecified atom stereocenters. The zero-order chi connectivity index (χ0) is 11.9. The molecule has 0 radical (unpaired) electrons. The summed E-state index contributed by atoms with van der Waals surface area (Å²) in [6.45, 7) is 6.34. The third-order valence-electron chi connectivity index (χ3n) is 3.37. The van der Waals surface area contributed by atoms with Crippen molar-refractivity contribution in [2.75, 3.05) is 13.1 Å². The van der Waals surface area contributed by atoms with Crippen molar-refractivity contribution in [1.29, 1.82) is 5.26 Å². The van der Waals surface area contributed by atoms with Crippen LogP contribution in [0.1, 0.15) is 58.8 Å². The number of hydrogen-bond donors (Lipinski definition) is 1. The van der Waals surface area contributed by atoms with E-state index in [0.717, 1.165) is 25.3 Å². The molecule has 1 fully saturated rings.